The zero-order chi connectivity index (χ0) is 15.2. The number of amides is 1. The molecule has 0 bridgehead atoms. The lowest BCUT2D eigenvalue weighted by Gasteiger charge is -2.35. The van der Waals surface area contributed by atoms with E-state index in [4.69, 9.17) is 0 Å². The van der Waals surface area contributed by atoms with E-state index >= 15 is 0 Å². The molecule has 21 heavy (non-hydrogen) atoms. The van der Waals surface area contributed by atoms with Gasteiger partial charge in [-0.3, -0.25) is 9.69 Å². The number of benzene rings is 1. The predicted molar refractivity (Wildman–Crippen MR) is 89.4 cm³/mol. The van der Waals surface area contributed by atoms with Gasteiger partial charge in [0.15, 0.2) is 0 Å². The molecule has 2 rings (SSSR count). The van der Waals surface area contributed by atoms with Gasteiger partial charge in [-0.15, -0.1) is 0 Å². The Morgan fingerprint density at radius 3 is 2.33 bits per heavy atom. The normalized spacial score (nSPS) is 16.5. The number of rotatable bonds is 5. The predicted octanol–water partition coefficient (Wildman–Crippen LogP) is 1.70. The van der Waals surface area contributed by atoms with E-state index in [1.54, 1.807) is 0 Å². The molecule has 1 amide bonds. The minimum absolute atomic E-state index is 0.240. The van der Waals surface area contributed by atoms with Crippen LogP contribution >= 0.6 is 15.9 Å². The first-order valence-corrected chi connectivity index (χ1v) is 8.23. The number of hydrogen-bond acceptors (Lipinski definition) is 3. The van der Waals surface area contributed by atoms with Gasteiger partial charge in [0.05, 0.1) is 6.42 Å². The van der Waals surface area contributed by atoms with Crippen molar-refractivity contribution in [2.24, 2.45) is 0 Å². The van der Waals surface area contributed by atoms with Crippen molar-refractivity contribution >= 4 is 21.8 Å². The molecule has 1 heterocycles. The Morgan fingerprint density at radius 1 is 1.14 bits per heavy atom. The van der Waals surface area contributed by atoms with Crippen LogP contribution in [0.5, 0.6) is 0 Å². The highest BCUT2D eigenvalue weighted by Gasteiger charge is 2.20. The van der Waals surface area contributed by atoms with Crippen LogP contribution in [0.4, 0.5) is 0 Å². The molecule has 1 aliphatic rings. The molecule has 1 aliphatic heterocycles. The fourth-order valence-corrected chi connectivity index (χ4v) is 2.72. The molecule has 1 saturated heterocycles. The number of halogens is 1. The van der Waals surface area contributed by atoms with Crippen LogP contribution in [0.15, 0.2) is 28.7 Å². The van der Waals surface area contributed by atoms with E-state index in [2.05, 4.69) is 39.8 Å². The Balaban J connectivity index is 1.76. The Kier molecular flexibility index (Phi) is 6.21. The van der Waals surface area contributed by atoms with E-state index in [0.29, 0.717) is 6.42 Å². The van der Waals surface area contributed by atoms with Crippen molar-refractivity contribution in [2.75, 3.05) is 53.4 Å². The van der Waals surface area contributed by atoms with Crippen molar-refractivity contribution in [3.05, 3.63) is 34.3 Å². The van der Waals surface area contributed by atoms with Crippen LogP contribution in [-0.2, 0) is 11.2 Å². The van der Waals surface area contributed by atoms with Crippen molar-refractivity contribution in [2.45, 2.75) is 6.42 Å². The van der Waals surface area contributed by atoms with Gasteiger partial charge < -0.3 is 9.80 Å². The lowest BCUT2D eigenvalue weighted by molar-refractivity contribution is -0.132. The van der Waals surface area contributed by atoms with Crippen LogP contribution in [0.1, 0.15) is 5.56 Å². The van der Waals surface area contributed by atoms with Crippen LogP contribution in [-0.4, -0.2) is 74.0 Å². The lowest BCUT2D eigenvalue weighted by atomic mass is 10.1. The average Bonchev–Trinajstić information content (AvgIpc) is 2.48. The van der Waals surface area contributed by atoms with Crippen LogP contribution < -0.4 is 0 Å². The number of carbonyl (C=O) groups excluding carboxylic acids is 1. The van der Waals surface area contributed by atoms with Crippen molar-refractivity contribution in [1.29, 1.82) is 0 Å². The maximum atomic E-state index is 12.3. The molecule has 116 valence electrons. The van der Waals surface area contributed by atoms with Gasteiger partial charge in [-0.1, -0.05) is 28.1 Å². The molecule has 0 saturated carbocycles. The molecule has 1 aromatic carbocycles. The first-order chi connectivity index (χ1) is 10.0. The quantitative estimate of drug-likeness (QED) is 0.805. The van der Waals surface area contributed by atoms with Crippen LogP contribution in [0.3, 0.4) is 0 Å². The average molecular weight is 354 g/mol. The van der Waals surface area contributed by atoms with Gasteiger partial charge in [0.25, 0.3) is 0 Å². The van der Waals surface area contributed by atoms with E-state index in [0.717, 1.165) is 49.3 Å². The number of nitrogens with zero attached hydrogens (tertiary/aromatic N) is 3. The second kappa shape index (κ2) is 7.92. The molecular formula is C16H24BrN3O. The standard InChI is InChI=1S/C16H24BrN3O/c1-18(2)7-8-19-9-11-20(12-10-19)16(21)13-14-3-5-15(17)6-4-14/h3-6H,7-13H2,1-2H3. The summed E-state index contributed by atoms with van der Waals surface area (Å²) < 4.78 is 1.05. The van der Waals surface area contributed by atoms with Gasteiger partial charge >= 0.3 is 0 Å². The topological polar surface area (TPSA) is 26.8 Å². The summed E-state index contributed by atoms with van der Waals surface area (Å²) in [7, 11) is 4.19. The van der Waals surface area contributed by atoms with Crippen molar-refractivity contribution in [3.63, 3.8) is 0 Å². The van der Waals surface area contributed by atoms with Gasteiger partial charge in [0.1, 0.15) is 0 Å². The van der Waals surface area contributed by atoms with Gasteiger partial charge in [-0.2, -0.15) is 0 Å². The number of carbonyl (C=O) groups is 1. The Hall–Kier alpha value is -0.910. The molecule has 4 nitrogen and oxygen atoms in total. The highest BCUT2D eigenvalue weighted by Crippen LogP contribution is 2.12. The Labute approximate surface area is 135 Å². The van der Waals surface area contributed by atoms with Crippen LogP contribution in [0.25, 0.3) is 0 Å². The maximum Gasteiger partial charge on any atom is 0.227 e. The molecule has 0 unspecified atom stereocenters. The van der Waals surface area contributed by atoms with E-state index < -0.39 is 0 Å². The summed E-state index contributed by atoms with van der Waals surface area (Å²) in [6.07, 6.45) is 0.505. The summed E-state index contributed by atoms with van der Waals surface area (Å²) in [5.74, 6) is 0.240. The molecule has 0 radical (unpaired) electrons. The van der Waals surface area contributed by atoms with E-state index in [9.17, 15) is 4.79 Å². The zero-order valence-corrected chi connectivity index (χ0v) is 14.5. The fraction of sp³-hybridized carbons (Fsp3) is 0.562. The molecule has 0 spiro atoms. The van der Waals surface area contributed by atoms with Crippen LogP contribution in [0, 0.1) is 0 Å². The Bertz CT molecular complexity index is 453. The minimum atomic E-state index is 0.240. The third kappa shape index (κ3) is 5.41. The monoisotopic (exact) mass is 353 g/mol. The second-order valence-electron chi connectivity index (χ2n) is 5.83. The smallest absolute Gasteiger partial charge is 0.227 e. The second-order valence-corrected chi connectivity index (χ2v) is 6.74. The first-order valence-electron chi connectivity index (χ1n) is 7.44. The van der Waals surface area contributed by atoms with E-state index in [-0.39, 0.29) is 5.91 Å². The van der Waals surface area contributed by atoms with Crippen molar-refractivity contribution in [1.82, 2.24) is 14.7 Å². The number of piperazine rings is 1. The third-order valence-corrected chi connectivity index (χ3v) is 4.39. The van der Waals surface area contributed by atoms with Gasteiger partial charge in [0, 0.05) is 43.7 Å². The van der Waals surface area contributed by atoms with Gasteiger partial charge in [0.2, 0.25) is 5.91 Å². The molecule has 0 atom stereocenters. The minimum Gasteiger partial charge on any atom is -0.340 e. The summed E-state index contributed by atoms with van der Waals surface area (Å²) in [5.41, 5.74) is 1.08. The summed E-state index contributed by atoms with van der Waals surface area (Å²) >= 11 is 3.42. The molecule has 1 fully saturated rings. The zero-order valence-electron chi connectivity index (χ0n) is 12.9. The summed E-state index contributed by atoms with van der Waals surface area (Å²) in [6, 6.07) is 7.99. The van der Waals surface area contributed by atoms with Gasteiger partial charge in [-0.05, 0) is 31.8 Å². The molecule has 0 N–H and O–H groups in total. The van der Waals surface area contributed by atoms with Gasteiger partial charge in [-0.25, -0.2) is 0 Å². The van der Waals surface area contributed by atoms with Crippen molar-refractivity contribution < 1.29 is 4.79 Å². The maximum absolute atomic E-state index is 12.3. The SMILES string of the molecule is CN(C)CCN1CCN(C(=O)Cc2ccc(Br)cc2)CC1. The first kappa shape index (κ1) is 16.5. The highest BCUT2D eigenvalue weighted by molar-refractivity contribution is 9.10. The fourth-order valence-electron chi connectivity index (χ4n) is 2.45. The summed E-state index contributed by atoms with van der Waals surface area (Å²) in [6.45, 7) is 5.83. The summed E-state index contributed by atoms with van der Waals surface area (Å²) in [4.78, 5) is 18.9. The molecule has 0 aliphatic carbocycles. The largest absolute Gasteiger partial charge is 0.340 e. The lowest BCUT2D eigenvalue weighted by Crippen LogP contribution is -2.50. The summed E-state index contributed by atoms with van der Waals surface area (Å²) in [5, 5.41) is 0. The Morgan fingerprint density at radius 2 is 1.76 bits per heavy atom. The van der Waals surface area contributed by atoms with Crippen molar-refractivity contribution in [3.8, 4) is 0 Å². The van der Waals surface area contributed by atoms with E-state index in [1.807, 2.05) is 29.2 Å². The highest BCUT2D eigenvalue weighted by atomic mass is 79.9. The van der Waals surface area contributed by atoms with E-state index in [1.165, 1.54) is 0 Å². The number of likely N-dealkylation sites (N-methyl/N-ethyl adjacent to an activating group) is 1. The molecular weight excluding hydrogens is 330 g/mol. The molecule has 0 aromatic heterocycles. The molecule has 5 heteroatoms. The third-order valence-electron chi connectivity index (χ3n) is 3.86. The number of hydrogen-bond donors (Lipinski definition) is 0. The molecule has 1 aromatic rings. The van der Waals surface area contributed by atoms with Crippen LogP contribution in [0.2, 0.25) is 0 Å².